The van der Waals surface area contributed by atoms with Crippen LogP contribution in [0.25, 0.3) is 0 Å². The Morgan fingerprint density at radius 2 is 1.59 bits per heavy atom. The van der Waals surface area contributed by atoms with E-state index in [2.05, 4.69) is 53.8 Å². The fraction of sp³-hybridized carbons (Fsp3) is 0.650. The van der Waals surface area contributed by atoms with Crippen LogP contribution in [0.2, 0.25) is 0 Å². The summed E-state index contributed by atoms with van der Waals surface area (Å²) in [7, 11) is 1.79. The van der Waals surface area contributed by atoms with Gasteiger partial charge >= 0.3 is 0 Å². The number of hydrogen-bond acceptors (Lipinski definition) is 4. The molecule has 1 aromatic rings. The van der Waals surface area contributed by atoms with Crippen LogP contribution in [0.3, 0.4) is 0 Å². The molecule has 0 atom stereocenters. The minimum absolute atomic E-state index is 0. The van der Waals surface area contributed by atoms with Crippen molar-refractivity contribution < 1.29 is 9.47 Å². The third-order valence-electron chi connectivity index (χ3n) is 3.61. The lowest BCUT2D eigenvalue weighted by atomic mass is 10.1. The van der Waals surface area contributed by atoms with E-state index in [4.69, 9.17) is 9.47 Å². The summed E-state index contributed by atoms with van der Waals surface area (Å²) in [5, 5.41) is 10.1. The Balaban J connectivity index is 0.00000676. The molecule has 0 fully saturated rings. The van der Waals surface area contributed by atoms with Gasteiger partial charge in [0.25, 0.3) is 0 Å². The van der Waals surface area contributed by atoms with Crippen LogP contribution in [0.15, 0.2) is 23.2 Å². The first-order valence-corrected chi connectivity index (χ1v) is 9.47. The Morgan fingerprint density at radius 3 is 2.19 bits per heavy atom. The van der Waals surface area contributed by atoms with Crippen LogP contribution < -0.4 is 25.4 Å². The number of ether oxygens (including phenoxy) is 2. The lowest BCUT2D eigenvalue weighted by Gasteiger charge is -2.21. The molecule has 156 valence electrons. The highest BCUT2D eigenvalue weighted by Crippen LogP contribution is 2.28. The predicted molar refractivity (Wildman–Crippen MR) is 125 cm³/mol. The fourth-order valence-corrected chi connectivity index (χ4v) is 2.42. The maximum Gasteiger partial charge on any atom is 0.191 e. The number of nitrogens with one attached hydrogen (secondary N) is 3. The van der Waals surface area contributed by atoms with Gasteiger partial charge in [-0.2, -0.15) is 0 Å². The average molecular weight is 492 g/mol. The van der Waals surface area contributed by atoms with Crippen LogP contribution in [0.4, 0.5) is 0 Å². The van der Waals surface area contributed by atoms with Gasteiger partial charge < -0.3 is 25.4 Å². The van der Waals surface area contributed by atoms with Crippen molar-refractivity contribution in [2.45, 2.75) is 46.6 Å². The second-order valence-corrected chi connectivity index (χ2v) is 7.00. The molecule has 27 heavy (non-hydrogen) atoms. The number of rotatable bonds is 10. The Bertz CT molecular complexity index is 559. The van der Waals surface area contributed by atoms with E-state index in [1.807, 2.05) is 19.9 Å². The third kappa shape index (κ3) is 11.3. The van der Waals surface area contributed by atoms with Crippen LogP contribution in [-0.4, -0.2) is 51.4 Å². The molecule has 0 aliphatic carbocycles. The van der Waals surface area contributed by atoms with Gasteiger partial charge in [-0.15, -0.1) is 24.0 Å². The van der Waals surface area contributed by atoms with Crippen molar-refractivity contribution in [2.75, 3.05) is 39.9 Å². The van der Waals surface area contributed by atoms with Gasteiger partial charge in [-0.05, 0) is 58.7 Å². The second kappa shape index (κ2) is 13.9. The third-order valence-corrected chi connectivity index (χ3v) is 3.61. The highest BCUT2D eigenvalue weighted by molar-refractivity contribution is 14.0. The SMILES string of the molecule is CCOc1ccc(CCNC(=NC)NCCNC(C)(C)C)cc1OCC.I. The molecular formula is C20H37IN4O2. The Hall–Kier alpha value is -1.22. The van der Waals surface area contributed by atoms with Gasteiger partial charge in [-0.3, -0.25) is 4.99 Å². The molecule has 1 aromatic carbocycles. The standard InChI is InChI=1S/C20H36N4O2.HI/c1-7-25-17-10-9-16(15-18(17)26-8-2)11-12-22-19(21-6)23-13-14-24-20(3,4)5;/h9-10,15,24H,7-8,11-14H2,1-6H3,(H2,21,22,23);1H. The van der Waals surface area contributed by atoms with Crippen molar-refractivity contribution in [3.63, 3.8) is 0 Å². The summed E-state index contributed by atoms with van der Waals surface area (Å²) in [4.78, 5) is 4.26. The average Bonchev–Trinajstić information content (AvgIpc) is 2.58. The lowest BCUT2D eigenvalue weighted by Crippen LogP contribution is -2.44. The van der Waals surface area contributed by atoms with Crippen LogP contribution in [0.5, 0.6) is 11.5 Å². The molecule has 0 aliphatic heterocycles. The second-order valence-electron chi connectivity index (χ2n) is 7.00. The normalized spacial score (nSPS) is 11.6. The summed E-state index contributed by atoms with van der Waals surface area (Å²) >= 11 is 0. The molecule has 3 N–H and O–H groups in total. The predicted octanol–water partition coefficient (Wildman–Crippen LogP) is 3.20. The summed E-state index contributed by atoms with van der Waals surface area (Å²) < 4.78 is 11.3. The van der Waals surface area contributed by atoms with E-state index in [0.29, 0.717) is 13.2 Å². The highest BCUT2D eigenvalue weighted by Gasteiger charge is 2.08. The summed E-state index contributed by atoms with van der Waals surface area (Å²) in [6, 6.07) is 6.12. The molecule has 0 heterocycles. The van der Waals surface area contributed by atoms with Gasteiger partial charge in [0, 0.05) is 32.2 Å². The largest absolute Gasteiger partial charge is 0.490 e. The molecule has 0 saturated heterocycles. The van der Waals surface area contributed by atoms with Gasteiger partial charge in [0.1, 0.15) is 0 Å². The van der Waals surface area contributed by atoms with Crippen molar-refractivity contribution >= 4 is 29.9 Å². The number of nitrogens with zero attached hydrogens (tertiary/aromatic N) is 1. The van der Waals surface area contributed by atoms with E-state index in [1.165, 1.54) is 5.56 Å². The molecule has 1 rings (SSSR count). The summed E-state index contributed by atoms with van der Waals surface area (Å²) in [5.74, 6) is 2.43. The molecule has 0 unspecified atom stereocenters. The smallest absolute Gasteiger partial charge is 0.191 e. The number of aliphatic imine (C=N–C) groups is 1. The van der Waals surface area contributed by atoms with Crippen LogP contribution in [-0.2, 0) is 6.42 Å². The number of benzene rings is 1. The lowest BCUT2D eigenvalue weighted by molar-refractivity contribution is 0.287. The van der Waals surface area contributed by atoms with E-state index in [9.17, 15) is 0 Å². The van der Waals surface area contributed by atoms with Crippen LogP contribution >= 0.6 is 24.0 Å². The molecule has 0 spiro atoms. The quantitative estimate of drug-likeness (QED) is 0.203. The minimum Gasteiger partial charge on any atom is -0.490 e. The fourth-order valence-electron chi connectivity index (χ4n) is 2.42. The summed E-state index contributed by atoms with van der Waals surface area (Å²) in [6.45, 7) is 14.2. The molecule has 6 nitrogen and oxygen atoms in total. The van der Waals surface area contributed by atoms with E-state index in [1.54, 1.807) is 7.05 Å². The van der Waals surface area contributed by atoms with Crippen molar-refractivity contribution in [1.82, 2.24) is 16.0 Å². The van der Waals surface area contributed by atoms with Gasteiger partial charge in [0.15, 0.2) is 17.5 Å². The van der Waals surface area contributed by atoms with Gasteiger partial charge in [0.2, 0.25) is 0 Å². The van der Waals surface area contributed by atoms with Crippen LogP contribution in [0.1, 0.15) is 40.2 Å². The monoisotopic (exact) mass is 492 g/mol. The molecule has 0 aliphatic rings. The first-order chi connectivity index (χ1) is 12.4. The molecule has 0 radical (unpaired) electrons. The van der Waals surface area contributed by atoms with Gasteiger partial charge in [0.05, 0.1) is 13.2 Å². The van der Waals surface area contributed by atoms with Crippen molar-refractivity contribution in [2.24, 2.45) is 4.99 Å². The zero-order valence-corrected chi connectivity index (χ0v) is 20.0. The number of hydrogen-bond donors (Lipinski definition) is 3. The zero-order chi connectivity index (χ0) is 19.4. The number of halogens is 1. The van der Waals surface area contributed by atoms with Crippen molar-refractivity contribution in [3.05, 3.63) is 23.8 Å². The number of guanidine groups is 1. The van der Waals surface area contributed by atoms with Gasteiger partial charge in [-0.1, -0.05) is 6.07 Å². The molecule has 0 saturated carbocycles. The van der Waals surface area contributed by atoms with E-state index in [-0.39, 0.29) is 29.5 Å². The summed E-state index contributed by atoms with van der Waals surface area (Å²) in [5.41, 5.74) is 1.33. The Kier molecular flexibility index (Phi) is 13.2. The molecular weight excluding hydrogens is 455 g/mol. The minimum atomic E-state index is 0. The Labute approximate surface area is 181 Å². The van der Waals surface area contributed by atoms with Crippen molar-refractivity contribution in [1.29, 1.82) is 0 Å². The van der Waals surface area contributed by atoms with E-state index in [0.717, 1.165) is 43.5 Å². The molecule has 0 amide bonds. The maximum atomic E-state index is 5.68. The zero-order valence-electron chi connectivity index (χ0n) is 17.6. The summed E-state index contributed by atoms with van der Waals surface area (Å²) in [6.07, 6.45) is 0.882. The maximum absolute atomic E-state index is 5.68. The molecule has 7 heteroatoms. The van der Waals surface area contributed by atoms with E-state index >= 15 is 0 Å². The van der Waals surface area contributed by atoms with Gasteiger partial charge in [-0.25, -0.2) is 0 Å². The molecule has 0 aromatic heterocycles. The first kappa shape index (κ1) is 25.8. The Morgan fingerprint density at radius 1 is 0.963 bits per heavy atom. The van der Waals surface area contributed by atoms with E-state index < -0.39 is 0 Å². The molecule has 0 bridgehead atoms. The van der Waals surface area contributed by atoms with Crippen molar-refractivity contribution in [3.8, 4) is 11.5 Å². The topological polar surface area (TPSA) is 66.9 Å². The van der Waals surface area contributed by atoms with Crippen LogP contribution in [0, 0.1) is 0 Å². The highest BCUT2D eigenvalue weighted by atomic mass is 127. The first-order valence-electron chi connectivity index (χ1n) is 9.47.